The Morgan fingerprint density at radius 2 is 1.61 bits per heavy atom. The Labute approximate surface area is 181 Å². The third kappa shape index (κ3) is 4.27. The molecule has 0 saturated carbocycles. The van der Waals surface area contributed by atoms with Gasteiger partial charge in [-0.3, -0.25) is 24.0 Å². The van der Waals surface area contributed by atoms with E-state index >= 15 is 0 Å². The maximum absolute atomic E-state index is 13.3. The van der Waals surface area contributed by atoms with E-state index in [1.807, 2.05) is 12.1 Å². The molecule has 7 nitrogen and oxygen atoms in total. The lowest BCUT2D eigenvalue weighted by Gasteiger charge is -2.14. The Balaban J connectivity index is 1.78. The van der Waals surface area contributed by atoms with E-state index in [0.717, 1.165) is 5.56 Å². The third-order valence-corrected chi connectivity index (χ3v) is 5.38. The molecule has 0 unspecified atom stereocenters. The summed E-state index contributed by atoms with van der Waals surface area (Å²) in [6.07, 6.45) is 0.488. The minimum absolute atomic E-state index is 0.0501. The molecule has 0 saturated heterocycles. The zero-order valence-electron chi connectivity index (χ0n) is 16.4. The van der Waals surface area contributed by atoms with Crippen LogP contribution in [0.3, 0.4) is 0 Å². The van der Waals surface area contributed by atoms with Crippen LogP contribution in [0.4, 0.5) is 5.69 Å². The third-order valence-electron chi connectivity index (χ3n) is 5.13. The predicted molar refractivity (Wildman–Crippen MR) is 120 cm³/mol. The normalized spacial score (nSPS) is 11.0. The molecule has 1 heterocycles. The molecule has 1 aromatic heterocycles. The maximum atomic E-state index is 13.3. The van der Waals surface area contributed by atoms with Crippen LogP contribution in [0.1, 0.15) is 11.1 Å². The fraction of sp³-hybridized carbons (Fsp3) is 0.130. The van der Waals surface area contributed by atoms with E-state index in [0.29, 0.717) is 27.9 Å². The topological polar surface area (TPSA) is 87.1 Å². The number of para-hydroxylation sites is 1. The van der Waals surface area contributed by atoms with E-state index in [2.05, 4.69) is 0 Å². The first-order valence-corrected chi connectivity index (χ1v) is 10.0. The second-order valence-corrected chi connectivity index (χ2v) is 7.58. The van der Waals surface area contributed by atoms with Crippen molar-refractivity contribution in [1.29, 1.82) is 0 Å². The minimum atomic E-state index is -0.475. The standard InChI is InChI=1S/C23H18ClN3O4/c24-18-10-8-16(9-11-18)12-13-25-22(28)20-6-1-2-7-21(20)26(23(25)29)15-17-4-3-5-19(14-17)27(30)31/h1-11,14H,12-13,15H2. The van der Waals surface area contributed by atoms with Gasteiger partial charge in [-0.2, -0.15) is 0 Å². The van der Waals surface area contributed by atoms with E-state index in [1.54, 1.807) is 48.5 Å². The number of halogens is 1. The summed E-state index contributed by atoms with van der Waals surface area (Å²) < 4.78 is 2.70. The zero-order chi connectivity index (χ0) is 22.0. The zero-order valence-corrected chi connectivity index (χ0v) is 17.2. The Bertz CT molecular complexity index is 1390. The minimum Gasteiger partial charge on any atom is -0.289 e. The number of nitro benzene ring substituents is 1. The van der Waals surface area contributed by atoms with Crippen molar-refractivity contribution in [3.63, 3.8) is 0 Å². The monoisotopic (exact) mass is 435 g/mol. The van der Waals surface area contributed by atoms with Crippen molar-refractivity contribution >= 4 is 28.2 Å². The van der Waals surface area contributed by atoms with Gasteiger partial charge in [0.25, 0.3) is 11.2 Å². The molecule has 4 rings (SSSR count). The number of fused-ring (bicyclic) bond motifs is 1. The molecule has 0 radical (unpaired) electrons. The number of nitro groups is 1. The van der Waals surface area contributed by atoms with Crippen LogP contribution in [0, 0.1) is 10.1 Å². The summed E-state index contributed by atoms with van der Waals surface area (Å²) in [5.41, 5.74) is 1.19. The molecule has 8 heteroatoms. The second-order valence-electron chi connectivity index (χ2n) is 7.15. The largest absolute Gasteiger partial charge is 0.331 e. The van der Waals surface area contributed by atoms with Crippen LogP contribution in [-0.2, 0) is 19.5 Å². The van der Waals surface area contributed by atoms with Crippen molar-refractivity contribution in [2.24, 2.45) is 0 Å². The van der Waals surface area contributed by atoms with Gasteiger partial charge in [-0.25, -0.2) is 4.79 Å². The lowest BCUT2D eigenvalue weighted by atomic mass is 10.1. The van der Waals surface area contributed by atoms with Gasteiger partial charge in [-0.05, 0) is 41.8 Å². The fourth-order valence-corrected chi connectivity index (χ4v) is 3.69. The van der Waals surface area contributed by atoms with Crippen molar-refractivity contribution in [1.82, 2.24) is 9.13 Å². The van der Waals surface area contributed by atoms with Crippen LogP contribution < -0.4 is 11.2 Å². The molecule has 0 N–H and O–H groups in total. The van der Waals surface area contributed by atoms with Gasteiger partial charge in [-0.15, -0.1) is 0 Å². The summed E-state index contributed by atoms with van der Waals surface area (Å²) in [4.78, 5) is 36.9. The van der Waals surface area contributed by atoms with E-state index in [1.165, 1.54) is 21.3 Å². The molecule has 156 valence electrons. The highest BCUT2D eigenvalue weighted by atomic mass is 35.5. The lowest BCUT2D eigenvalue weighted by molar-refractivity contribution is -0.384. The molecule has 0 atom stereocenters. The van der Waals surface area contributed by atoms with Gasteiger partial charge < -0.3 is 0 Å². The van der Waals surface area contributed by atoms with Gasteiger partial charge in [0.15, 0.2) is 0 Å². The molecular formula is C23H18ClN3O4. The van der Waals surface area contributed by atoms with Crippen LogP contribution in [0.5, 0.6) is 0 Å². The maximum Gasteiger partial charge on any atom is 0.331 e. The number of rotatable bonds is 6. The Hall–Kier alpha value is -3.71. The SMILES string of the molecule is O=c1c2ccccc2n(Cc2cccc([N+](=O)[O-])c2)c(=O)n1CCc1ccc(Cl)cc1. The van der Waals surface area contributed by atoms with E-state index < -0.39 is 10.6 Å². The molecule has 0 bridgehead atoms. The number of hydrogen-bond acceptors (Lipinski definition) is 4. The Morgan fingerprint density at radius 3 is 2.35 bits per heavy atom. The molecular weight excluding hydrogens is 418 g/mol. The predicted octanol–water partition coefficient (Wildman–Crippen LogP) is 4.02. The Morgan fingerprint density at radius 1 is 0.871 bits per heavy atom. The fourth-order valence-electron chi connectivity index (χ4n) is 3.56. The van der Waals surface area contributed by atoms with Crippen molar-refractivity contribution < 1.29 is 4.92 Å². The van der Waals surface area contributed by atoms with E-state index in [-0.39, 0.29) is 24.3 Å². The molecule has 31 heavy (non-hydrogen) atoms. The lowest BCUT2D eigenvalue weighted by Crippen LogP contribution is -2.40. The molecule has 0 aliphatic carbocycles. The van der Waals surface area contributed by atoms with Gasteiger partial charge in [0, 0.05) is 23.7 Å². The van der Waals surface area contributed by atoms with Crippen LogP contribution >= 0.6 is 11.6 Å². The number of aryl methyl sites for hydroxylation is 1. The molecule has 0 aliphatic heterocycles. The summed E-state index contributed by atoms with van der Waals surface area (Å²) in [6, 6.07) is 20.3. The number of benzene rings is 3. The molecule has 0 amide bonds. The molecule has 0 spiro atoms. The van der Waals surface area contributed by atoms with E-state index in [4.69, 9.17) is 11.6 Å². The number of non-ortho nitro benzene ring substituents is 1. The summed E-state index contributed by atoms with van der Waals surface area (Å²) >= 11 is 5.92. The number of hydrogen-bond donors (Lipinski definition) is 0. The molecule has 0 aliphatic rings. The highest BCUT2D eigenvalue weighted by Crippen LogP contribution is 2.16. The van der Waals surface area contributed by atoms with Crippen molar-refractivity contribution in [3.05, 3.63) is 120 Å². The van der Waals surface area contributed by atoms with Crippen LogP contribution in [0.15, 0.2) is 82.4 Å². The van der Waals surface area contributed by atoms with Gasteiger partial charge >= 0.3 is 5.69 Å². The van der Waals surface area contributed by atoms with Gasteiger partial charge in [0.05, 0.1) is 22.4 Å². The van der Waals surface area contributed by atoms with Crippen LogP contribution in [0.2, 0.25) is 5.02 Å². The van der Waals surface area contributed by atoms with Crippen molar-refractivity contribution in [2.75, 3.05) is 0 Å². The van der Waals surface area contributed by atoms with Crippen LogP contribution in [-0.4, -0.2) is 14.1 Å². The summed E-state index contributed by atoms with van der Waals surface area (Å²) in [7, 11) is 0. The quantitative estimate of drug-likeness (QED) is 0.338. The first-order chi connectivity index (χ1) is 14.9. The van der Waals surface area contributed by atoms with Gasteiger partial charge in [0.2, 0.25) is 0 Å². The highest BCUT2D eigenvalue weighted by molar-refractivity contribution is 6.30. The van der Waals surface area contributed by atoms with Crippen molar-refractivity contribution in [2.45, 2.75) is 19.5 Å². The summed E-state index contributed by atoms with van der Waals surface area (Å²) in [5.74, 6) is 0. The smallest absolute Gasteiger partial charge is 0.289 e. The number of aromatic nitrogens is 2. The van der Waals surface area contributed by atoms with E-state index in [9.17, 15) is 19.7 Å². The molecule has 4 aromatic rings. The first-order valence-electron chi connectivity index (χ1n) is 9.64. The van der Waals surface area contributed by atoms with Crippen molar-refractivity contribution in [3.8, 4) is 0 Å². The molecule has 0 fully saturated rings. The first kappa shape index (κ1) is 20.6. The average molecular weight is 436 g/mol. The Kier molecular flexibility index (Phi) is 5.68. The summed E-state index contributed by atoms with van der Waals surface area (Å²) in [5, 5.41) is 12.1. The highest BCUT2D eigenvalue weighted by Gasteiger charge is 2.14. The van der Waals surface area contributed by atoms with Crippen LogP contribution in [0.25, 0.3) is 10.9 Å². The van der Waals surface area contributed by atoms with Gasteiger partial charge in [-0.1, -0.05) is 48.0 Å². The second kappa shape index (κ2) is 8.57. The number of nitrogens with zero attached hydrogens (tertiary/aromatic N) is 3. The average Bonchev–Trinajstić information content (AvgIpc) is 2.78. The van der Waals surface area contributed by atoms with Gasteiger partial charge in [0.1, 0.15) is 0 Å². The summed E-state index contributed by atoms with van der Waals surface area (Å²) in [6.45, 7) is 0.321. The molecule has 3 aromatic carbocycles.